The Morgan fingerprint density at radius 3 is 2.14 bits per heavy atom. The van der Waals surface area contributed by atoms with E-state index in [1.165, 1.54) is 12.2 Å². The molecule has 0 unspecified atom stereocenters. The fourth-order valence-electron chi connectivity index (χ4n) is 0.845. The largest absolute Gasteiger partial charge is 0.277 e. The Bertz CT molecular complexity index is 267. The molecule has 14 heavy (non-hydrogen) atoms. The summed E-state index contributed by atoms with van der Waals surface area (Å²) in [6.07, 6.45) is 0. The second-order valence-electron chi connectivity index (χ2n) is 2.35. The van der Waals surface area contributed by atoms with Crippen molar-refractivity contribution in [3.05, 3.63) is 35.9 Å². The van der Waals surface area contributed by atoms with Crippen molar-refractivity contribution in [1.82, 2.24) is 5.06 Å². The molecule has 0 N–H and O–H groups in total. The van der Waals surface area contributed by atoms with Crippen LogP contribution in [0.25, 0.3) is 0 Å². The van der Waals surface area contributed by atoms with Gasteiger partial charge < -0.3 is 0 Å². The van der Waals surface area contributed by atoms with Crippen LogP contribution in [0.4, 0.5) is 0 Å². The molecule has 80 valence electrons. The van der Waals surface area contributed by atoms with E-state index in [1.807, 2.05) is 18.2 Å². The number of nitrogens with zero attached hydrogens (tertiary/aromatic N) is 1. The third kappa shape index (κ3) is 3.96. The zero-order chi connectivity index (χ0) is 8.97. The van der Waals surface area contributed by atoms with Crippen LogP contribution in [0.1, 0.15) is 10.4 Å². The van der Waals surface area contributed by atoms with E-state index in [0.717, 1.165) is 0 Å². The number of carbonyl (C=O) groups is 1. The molecule has 0 fully saturated rings. The van der Waals surface area contributed by atoms with Gasteiger partial charge in [0.15, 0.2) is 0 Å². The van der Waals surface area contributed by atoms with Crippen LogP contribution in [-0.2, 0) is 4.84 Å². The van der Waals surface area contributed by atoms with Gasteiger partial charge >= 0.3 is 0 Å². The summed E-state index contributed by atoms with van der Waals surface area (Å²) in [4.78, 5) is 16.1. The van der Waals surface area contributed by atoms with Crippen LogP contribution >= 0.6 is 24.8 Å². The number of benzene rings is 1. The first-order valence-electron chi connectivity index (χ1n) is 3.63. The van der Waals surface area contributed by atoms with E-state index in [1.54, 1.807) is 19.2 Å². The molecule has 0 aliphatic heterocycles. The van der Waals surface area contributed by atoms with Gasteiger partial charge in [0, 0.05) is 12.6 Å². The lowest BCUT2D eigenvalue weighted by Crippen LogP contribution is -2.25. The standard InChI is InChI=1S/C9H11NO2.2ClH/c1-10(12-2)9(11)8-6-4-3-5-7-8;;/h3-7H,1-2H3;2*1H. The molecule has 5 heteroatoms. The highest BCUT2D eigenvalue weighted by Crippen LogP contribution is 2.02. The molecule has 1 aromatic rings. The van der Waals surface area contributed by atoms with Gasteiger partial charge in [-0.3, -0.25) is 9.63 Å². The minimum absolute atomic E-state index is 0. The summed E-state index contributed by atoms with van der Waals surface area (Å²) >= 11 is 0. The zero-order valence-electron chi connectivity index (χ0n) is 7.97. The average Bonchev–Trinajstić information content (AvgIpc) is 2.17. The second-order valence-corrected chi connectivity index (χ2v) is 2.35. The van der Waals surface area contributed by atoms with Gasteiger partial charge in [-0.05, 0) is 12.1 Å². The molecule has 0 aliphatic carbocycles. The monoisotopic (exact) mass is 237 g/mol. The molecule has 0 saturated carbocycles. The average molecular weight is 238 g/mol. The van der Waals surface area contributed by atoms with E-state index in [0.29, 0.717) is 5.56 Å². The number of hydrogen-bond donors (Lipinski definition) is 0. The molecule has 1 aromatic carbocycles. The fraction of sp³-hybridized carbons (Fsp3) is 0.222. The molecule has 0 saturated heterocycles. The molecular formula is C9H13Cl2NO2. The minimum atomic E-state index is -0.141. The predicted molar refractivity (Wildman–Crippen MR) is 60.0 cm³/mol. The molecule has 0 bridgehead atoms. The number of rotatable bonds is 2. The van der Waals surface area contributed by atoms with Crippen molar-refractivity contribution < 1.29 is 9.63 Å². The molecule has 0 atom stereocenters. The van der Waals surface area contributed by atoms with Crippen LogP contribution in [0.15, 0.2) is 30.3 Å². The number of amides is 1. The smallest absolute Gasteiger partial charge is 0.274 e. The summed E-state index contributed by atoms with van der Waals surface area (Å²) in [7, 11) is 3.04. The van der Waals surface area contributed by atoms with Crippen molar-refractivity contribution in [1.29, 1.82) is 0 Å². The Kier molecular flexibility index (Phi) is 8.54. The number of halogens is 2. The maximum atomic E-state index is 11.4. The highest BCUT2D eigenvalue weighted by Gasteiger charge is 2.08. The number of hydroxylamine groups is 2. The molecule has 0 radical (unpaired) electrons. The molecule has 1 amide bonds. The van der Waals surface area contributed by atoms with Crippen molar-refractivity contribution in [3.63, 3.8) is 0 Å². The molecule has 3 nitrogen and oxygen atoms in total. The van der Waals surface area contributed by atoms with E-state index in [2.05, 4.69) is 0 Å². The van der Waals surface area contributed by atoms with Crippen molar-refractivity contribution >= 4 is 30.7 Å². The van der Waals surface area contributed by atoms with E-state index in [4.69, 9.17) is 4.84 Å². The van der Waals surface area contributed by atoms with Gasteiger partial charge in [-0.2, -0.15) is 0 Å². The summed E-state index contributed by atoms with van der Waals surface area (Å²) in [5.41, 5.74) is 0.627. The third-order valence-corrected chi connectivity index (χ3v) is 1.58. The molecule has 0 heterocycles. The van der Waals surface area contributed by atoms with Gasteiger partial charge in [0.2, 0.25) is 0 Å². The van der Waals surface area contributed by atoms with Crippen LogP contribution in [-0.4, -0.2) is 25.1 Å². The Morgan fingerprint density at radius 2 is 1.71 bits per heavy atom. The summed E-state index contributed by atoms with van der Waals surface area (Å²) in [5.74, 6) is -0.141. The topological polar surface area (TPSA) is 29.5 Å². The van der Waals surface area contributed by atoms with Crippen LogP contribution in [0.3, 0.4) is 0 Å². The first-order valence-corrected chi connectivity index (χ1v) is 3.63. The van der Waals surface area contributed by atoms with Crippen molar-refractivity contribution in [2.24, 2.45) is 0 Å². The number of carbonyl (C=O) groups excluding carboxylic acids is 1. The van der Waals surface area contributed by atoms with Crippen LogP contribution in [0.2, 0.25) is 0 Å². The highest BCUT2D eigenvalue weighted by molar-refractivity contribution is 5.93. The Labute approximate surface area is 95.8 Å². The fourth-order valence-corrected chi connectivity index (χ4v) is 0.845. The van der Waals surface area contributed by atoms with Gasteiger partial charge in [-0.15, -0.1) is 24.8 Å². The summed E-state index contributed by atoms with van der Waals surface area (Å²) in [6.45, 7) is 0. The Morgan fingerprint density at radius 1 is 1.21 bits per heavy atom. The first-order chi connectivity index (χ1) is 5.75. The lowest BCUT2D eigenvalue weighted by atomic mass is 10.2. The van der Waals surface area contributed by atoms with E-state index < -0.39 is 0 Å². The summed E-state index contributed by atoms with van der Waals surface area (Å²) in [5, 5.41) is 1.19. The minimum Gasteiger partial charge on any atom is -0.274 e. The van der Waals surface area contributed by atoms with E-state index in [-0.39, 0.29) is 30.7 Å². The lowest BCUT2D eigenvalue weighted by Gasteiger charge is -2.12. The van der Waals surface area contributed by atoms with Crippen molar-refractivity contribution in [2.45, 2.75) is 0 Å². The molecule has 0 aromatic heterocycles. The van der Waals surface area contributed by atoms with Crippen LogP contribution in [0.5, 0.6) is 0 Å². The SMILES string of the molecule is CON(C)C(=O)c1ccccc1.Cl.Cl. The maximum absolute atomic E-state index is 11.4. The van der Waals surface area contributed by atoms with Gasteiger partial charge in [0.05, 0.1) is 7.11 Å². The lowest BCUT2D eigenvalue weighted by molar-refractivity contribution is -0.0756. The summed E-state index contributed by atoms with van der Waals surface area (Å²) in [6, 6.07) is 8.99. The quantitative estimate of drug-likeness (QED) is 0.739. The maximum Gasteiger partial charge on any atom is 0.277 e. The number of hydrogen-bond acceptors (Lipinski definition) is 2. The normalized spacial score (nSPS) is 8.14. The third-order valence-electron chi connectivity index (χ3n) is 1.58. The molecular weight excluding hydrogens is 225 g/mol. The van der Waals surface area contributed by atoms with Gasteiger partial charge in [-0.1, -0.05) is 18.2 Å². The van der Waals surface area contributed by atoms with Gasteiger partial charge in [0.1, 0.15) is 0 Å². The molecule has 0 aliphatic rings. The van der Waals surface area contributed by atoms with Crippen molar-refractivity contribution in [3.8, 4) is 0 Å². The van der Waals surface area contributed by atoms with Crippen LogP contribution in [0, 0.1) is 0 Å². The van der Waals surface area contributed by atoms with E-state index in [9.17, 15) is 4.79 Å². The zero-order valence-corrected chi connectivity index (χ0v) is 9.60. The van der Waals surface area contributed by atoms with Crippen LogP contribution < -0.4 is 0 Å². The molecule has 1 rings (SSSR count). The summed E-state index contributed by atoms with van der Waals surface area (Å²) < 4.78 is 0. The predicted octanol–water partition coefficient (Wildman–Crippen LogP) is 2.16. The Hall–Kier alpha value is -0.770. The Balaban J connectivity index is 0. The van der Waals surface area contributed by atoms with Gasteiger partial charge in [-0.25, -0.2) is 5.06 Å². The molecule has 0 spiro atoms. The van der Waals surface area contributed by atoms with Gasteiger partial charge in [0.25, 0.3) is 5.91 Å². The van der Waals surface area contributed by atoms with Crippen molar-refractivity contribution in [2.75, 3.05) is 14.2 Å². The second kappa shape index (κ2) is 7.62. The highest BCUT2D eigenvalue weighted by atomic mass is 35.5. The van der Waals surface area contributed by atoms with E-state index >= 15 is 0 Å². The first kappa shape index (κ1) is 15.7.